The maximum atomic E-state index is 12.2. The van der Waals surface area contributed by atoms with Crippen LogP contribution in [-0.2, 0) is 12.8 Å². The minimum Gasteiger partial charge on any atom is -0.336 e. The summed E-state index contributed by atoms with van der Waals surface area (Å²) >= 11 is 1.71. The van der Waals surface area contributed by atoms with E-state index in [9.17, 15) is 4.79 Å². The zero-order valence-electron chi connectivity index (χ0n) is 11.4. The Morgan fingerprint density at radius 2 is 2.37 bits per heavy atom. The predicted molar refractivity (Wildman–Crippen MR) is 75.3 cm³/mol. The first kappa shape index (κ1) is 13.7. The van der Waals surface area contributed by atoms with Gasteiger partial charge in [0, 0.05) is 30.8 Å². The van der Waals surface area contributed by atoms with Gasteiger partial charge >= 0.3 is 0 Å². The molecule has 0 bridgehead atoms. The molecule has 0 fully saturated rings. The number of carbonyl (C=O) groups excluding carboxylic acids is 1. The van der Waals surface area contributed by atoms with Gasteiger partial charge in [0.25, 0.3) is 5.91 Å². The molecule has 1 N–H and O–H groups in total. The van der Waals surface area contributed by atoms with E-state index in [1.807, 2.05) is 25.3 Å². The summed E-state index contributed by atoms with van der Waals surface area (Å²) in [5, 5.41) is 8.78. The smallest absolute Gasteiger partial charge is 0.293 e. The van der Waals surface area contributed by atoms with Crippen molar-refractivity contribution >= 4 is 17.2 Å². The molecule has 2 heterocycles. The van der Waals surface area contributed by atoms with Gasteiger partial charge in [-0.25, -0.2) is 4.98 Å². The van der Waals surface area contributed by atoms with Crippen molar-refractivity contribution in [2.24, 2.45) is 0 Å². The van der Waals surface area contributed by atoms with Crippen LogP contribution in [0, 0.1) is 0 Å². The minimum absolute atomic E-state index is 0.120. The fourth-order valence-electron chi connectivity index (χ4n) is 1.76. The molecule has 0 radical (unpaired) electrons. The topological polar surface area (TPSA) is 61.9 Å². The van der Waals surface area contributed by atoms with Crippen LogP contribution in [0.3, 0.4) is 0 Å². The van der Waals surface area contributed by atoms with Crippen LogP contribution in [0.1, 0.15) is 35.2 Å². The number of hydrogen-bond donors (Lipinski definition) is 1. The molecule has 0 aliphatic rings. The number of hydrogen-bond acceptors (Lipinski definition) is 4. The highest BCUT2D eigenvalue weighted by Crippen LogP contribution is 2.14. The van der Waals surface area contributed by atoms with Gasteiger partial charge in [-0.1, -0.05) is 13.0 Å². The molecule has 0 spiro atoms. The molecular weight excluding hydrogens is 260 g/mol. The number of nitrogens with one attached hydrogen (secondary N) is 1. The number of amides is 1. The van der Waals surface area contributed by atoms with E-state index in [2.05, 4.69) is 21.2 Å². The first-order valence-corrected chi connectivity index (χ1v) is 7.20. The predicted octanol–water partition coefficient (Wildman–Crippen LogP) is 2.13. The maximum absolute atomic E-state index is 12.2. The van der Waals surface area contributed by atoms with Crippen LogP contribution >= 0.6 is 11.3 Å². The van der Waals surface area contributed by atoms with Gasteiger partial charge in [0.2, 0.25) is 5.82 Å². The number of H-pyrrole nitrogens is 1. The van der Waals surface area contributed by atoms with E-state index in [0.29, 0.717) is 0 Å². The van der Waals surface area contributed by atoms with Gasteiger partial charge in [-0.3, -0.25) is 9.89 Å². The maximum Gasteiger partial charge on any atom is 0.293 e. The van der Waals surface area contributed by atoms with E-state index >= 15 is 0 Å². The van der Waals surface area contributed by atoms with E-state index in [-0.39, 0.29) is 17.8 Å². The molecule has 0 saturated carbocycles. The number of likely N-dealkylation sites (N-methyl/N-ethyl adjacent to an activating group) is 1. The van der Waals surface area contributed by atoms with Crippen LogP contribution in [0.25, 0.3) is 0 Å². The fourth-order valence-corrected chi connectivity index (χ4v) is 2.59. The van der Waals surface area contributed by atoms with Crippen LogP contribution in [0.5, 0.6) is 0 Å². The van der Waals surface area contributed by atoms with E-state index in [1.165, 1.54) is 4.88 Å². The normalized spacial score (nSPS) is 12.4. The SMILES string of the molecule is CCc1nc(C(=O)N(C)C(C)Cc2cccs2)n[nH]1. The second-order valence-electron chi connectivity index (χ2n) is 4.51. The van der Waals surface area contributed by atoms with Crippen molar-refractivity contribution in [1.82, 2.24) is 20.1 Å². The van der Waals surface area contributed by atoms with Gasteiger partial charge in [-0.15, -0.1) is 16.4 Å². The second kappa shape index (κ2) is 5.97. The summed E-state index contributed by atoms with van der Waals surface area (Å²) in [4.78, 5) is 19.4. The molecule has 0 saturated heterocycles. The lowest BCUT2D eigenvalue weighted by Gasteiger charge is -2.23. The number of aromatic nitrogens is 3. The van der Waals surface area contributed by atoms with Crippen LogP contribution in [0.15, 0.2) is 17.5 Å². The minimum atomic E-state index is -0.139. The van der Waals surface area contributed by atoms with Crippen molar-refractivity contribution in [3.8, 4) is 0 Å². The first-order valence-electron chi connectivity index (χ1n) is 6.32. The number of rotatable bonds is 5. The molecule has 1 unspecified atom stereocenters. The Balaban J connectivity index is 2.01. The highest BCUT2D eigenvalue weighted by atomic mass is 32.1. The van der Waals surface area contributed by atoms with Crippen LogP contribution in [-0.4, -0.2) is 39.1 Å². The standard InChI is InChI=1S/C13H18N4OS/c1-4-11-14-12(16-15-11)13(18)17(3)9(2)8-10-6-5-7-19-10/h5-7,9H,4,8H2,1-3H3,(H,14,15,16). The second-order valence-corrected chi connectivity index (χ2v) is 5.54. The Bertz CT molecular complexity index is 535. The largest absolute Gasteiger partial charge is 0.336 e. The van der Waals surface area contributed by atoms with Gasteiger partial charge in [0.1, 0.15) is 5.82 Å². The molecule has 5 nitrogen and oxygen atoms in total. The van der Waals surface area contributed by atoms with Gasteiger partial charge in [0.05, 0.1) is 0 Å². The molecule has 19 heavy (non-hydrogen) atoms. The average Bonchev–Trinajstić information content (AvgIpc) is 3.07. The Labute approximate surface area is 116 Å². The molecule has 2 rings (SSSR count). The van der Waals surface area contributed by atoms with Crippen LogP contribution in [0.2, 0.25) is 0 Å². The Hall–Kier alpha value is -1.69. The quantitative estimate of drug-likeness (QED) is 0.911. The molecule has 2 aromatic heterocycles. The average molecular weight is 278 g/mol. The lowest BCUT2D eigenvalue weighted by molar-refractivity contribution is 0.0732. The van der Waals surface area contributed by atoms with E-state index in [0.717, 1.165) is 18.7 Å². The fraction of sp³-hybridized carbons (Fsp3) is 0.462. The number of aromatic amines is 1. The highest BCUT2D eigenvalue weighted by Gasteiger charge is 2.21. The summed E-state index contributed by atoms with van der Waals surface area (Å²) < 4.78 is 0. The van der Waals surface area contributed by atoms with E-state index in [1.54, 1.807) is 23.3 Å². The number of aryl methyl sites for hydroxylation is 1. The summed E-state index contributed by atoms with van der Waals surface area (Å²) in [5.41, 5.74) is 0. The summed E-state index contributed by atoms with van der Waals surface area (Å²) in [6.07, 6.45) is 1.60. The first-order chi connectivity index (χ1) is 9.11. The monoisotopic (exact) mass is 278 g/mol. The van der Waals surface area contributed by atoms with Crippen molar-refractivity contribution in [3.63, 3.8) is 0 Å². The van der Waals surface area contributed by atoms with Crippen molar-refractivity contribution in [1.29, 1.82) is 0 Å². The van der Waals surface area contributed by atoms with E-state index < -0.39 is 0 Å². The lowest BCUT2D eigenvalue weighted by Crippen LogP contribution is -2.36. The molecule has 6 heteroatoms. The van der Waals surface area contributed by atoms with Crippen molar-refractivity contribution in [3.05, 3.63) is 34.0 Å². The number of thiophene rings is 1. The molecule has 0 aliphatic carbocycles. The summed E-state index contributed by atoms with van der Waals surface area (Å²) in [6, 6.07) is 4.23. The van der Waals surface area contributed by atoms with Crippen molar-refractivity contribution in [2.45, 2.75) is 32.7 Å². The van der Waals surface area contributed by atoms with Crippen molar-refractivity contribution < 1.29 is 4.79 Å². The molecule has 0 aliphatic heterocycles. The Morgan fingerprint density at radius 1 is 1.58 bits per heavy atom. The molecular formula is C13H18N4OS. The van der Waals surface area contributed by atoms with E-state index in [4.69, 9.17) is 0 Å². The molecule has 1 amide bonds. The van der Waals surface area contributed by atoms with Crippen LogP contribution < -0.4 is 0 Å². The Morgan fingerprint density at radius 3 is 2.95 bits per heavy atom. The third-order valence-electron chi connectivity index (χ3n) is 3.12. The summed E-state index contributed by atoms with van der Waals surface area (Å²) in [6.45, 7) is 4.00. The summed E-state index contributed by atoms with van der Waals surface area (Å²) in [7, 11) is 1.79. The van der Waals surface area contributed by atoms with Crippen molar-refractivity contribution in [2.75, 3.05) is 7.05 Å². The third kappa shape index (κ3) is 3.20. The number of nitrogens with zero attached hydrogens (tertiary/aromatic N) is 3. The van der Waals surface area contributed by atoms with Crippen LogP contribution in [0.4, 0.5) is 0 Å². The summed E-state index contributed by atoms with van der Waals surface area (Å²) in [5.74, 6) is 0.847. The third-order valence-corrected chi connectivity index (χ3v) is 4.01. The van der Waals surface area contributed by atoms with Gasteiger partial charge in [-0.05, 0) is 18.4 Å². The molecule has 102 valence electrons. The number of carbonyl (C=O) groups is 1. The highest BCUT2D eigenvalue weighted by molar-refractivity contribution is 7.09. The zero-order valence-corrected chi connectivity index (χ0v) is 12.2. The lowest BCUT2D eigenvalue weighted by atomic mass is 10.2. The Kier molecular flexibility index (Phi) is 4.31. The van der Waals surface area contributed by atoms with Gasteiger partial charge in [0.15, 0.2) is 0 Å². The molecule has 2 aromatic rings. The van der Waals surface area contributed by atoms with Gasteiger partial charge < -0.3 is 4.90 Å². The van der Waals surface area contributed by atoms with Gasteiger partial charge in [-0.2, -0.15) is 0 Å². The molecule has 0 aromatic carbocycles. The molecule has 1 atom stereocenters. The zero-order chi connectivity index (χ0) is 13.8.